The summed E-state index contributed by atoms with van der Waals surface area (Å²) in [5.74, 6) is -0.958. The molecule has 0 aromatic carbocycles. The van der Waals surface area contributed by atoms with Crippen LogP contribution < -0.4 is 5.32 Å². The lowest BCUT2D eigenvalue weighted by Crippen LogP contribution is -2.53. The summed E-state index contributed by atoms with van der Waals surface area (Å²) in [7, 11) is 0. The highest BCUT2D eigenvalue weighted by molar-refractivity contribution is 7.80. The first-order valence-corrected chi connectivity index (χ1v) is 5.95. The molecule has 0 radical (unpaired) electrons. The first-order chi connectivity index (χ1) is 9.13. The van der Waals surface area contributed by atoms with Crippen LogP contribution in [-0.2, 0) is 9.59 Å². The molecule has 1 aliphatic rings. The van der Waals surface area contributed by atoms with Crippen molar-refractivity contribution in [2.24, 2.45) is 0 Å². The Kier molecular flexibility index (Phi) is 3.82. The van der Waals surface area contributed by atoms with Gasteiger partial charge in [-0.05, 0) is 30.4 Å². The number of rotatable bonds is 3. The Bertz CT molecular complexity index is 581. The van der Waals surface area contributed by atoms with Crippen LogP contribution in [0.2, 0.25) is 0 Å². The molecule has 1 saturated heterocycles. The molecule has 6 heteroatoms. The molecule has 0 spiro atoms. The molecule has 96 valence electrons. The molecule has 1 N–H and O–H groups in total. The van der Waals surface area contributed by atoms with Gasteiger partial charge in [0.25, 0.3) is 11.8 Å². The van der Waals surface area contributed by atoms with E-state index in [-0.39, 0.29) is 17.2 Å². The van der Waals surface area contributed by atoms with Crippen LogP contribution in [0.25, 0.3) is 6.08 Å². The summed E-state index contributed by atoms with van der Waals surface area (Å²) >= 11 is 4.95. The first kappa shape index (κ1) is 13.1. The highest BCUT2D eigenvalue weighted by Gasteiger charge is 2.32. The summed E-state index contributed by atoms with van der Waals surface area (Å²) in [4.78, 5) is 29.3. The van der Waals surface area contributed by atoms with Gasteiger partial charge in [0.05, 0.1) is 5.69 Å². The standard InChI is InChI=1S/C13H11N3O2S/c1-2-7-16-12(18)10(11(17)15-13(16)19)8-9-5-3-4-6-14-9/h2-6,8H,1,7H2,(H,15,17,19). The van der Waals surface area contributed by atoms with Crippen LogP contribution in [0.5, 0.6) is 0 Å². The fourth-order valence-corrected chi connectivity index (χ4v) is 1.85. The van der Waals surface area contributed by atoms with E-state index in [1.54, 1.807) is 30.5 Å². The second-order valence-corrected chi connectivity index (χ2v) is 4.16. The predicted molar refractivity (Wildman–Crippen MR) is 74.9 cm³/mol. The van der Waals surface area contributed by atoms with Crippen molar-refractivity contribution in [1.82, 2.24) is 15.2 Å². The molecule has 0 unspecified atom stereocenters. The van der Waals surface area contributed by atoms with Gasteiger partial charge < -0.3 is 0 Å². The Morgan fingerprint density at radius 1 is 1.42 bits per heavy atom. The normalized spacial score (nSPS) is 17.6. The zero-order valence-electron chi connectivity index (χ0n) is 10.00. The molecule has 2 rings (SSSR count). The van der Waals surface area contributed by atoms with Gasteiger partial charge in [-0.25, -0.2) is 0 Å². The molecule has 0 atom stereocenters. The highest BCUT2D eigenvalue weighted by Crippen LogP contribution is 2.13. The smallest absolute Gasteiger partial charge is 0.266 e. The number of amides is 2. The quantitative estimate of drug-likeness (QED) is 0.384. The van der Waals surface area contributed by atoms with Gasteiger partial charge in [-0.3, -0.25) is 24.8 Å². The van der Waals surface area contributed by atoms with E-state index in [2.05, 4.69) is 16.9 Å². The molecule has 1 fully saturated rings. The molecule has 5 nitrogen and oxygen atoms in total. The van der Waals surface area contributed by atoms with Crippen LogP contribution >= 0.6 is 12.2 Å². The Balaban J connectivity index is 2.36. The zero-order chi connectivity index (χ0) is 13.8. The Morgan fingerprint density at radius 3 is 2.84 bits per heavy atom. The SMILES string of the molecule is C=CCN1C(=O)C(=Cc2ccccn2)C(=O)NC1=S. The second kappa shape index (κ2) is 5.53. The Labute approximate surface area is 115 Å². The van der Waals surface area contributed by atoms with Crippen molar-refractivity contribution in [1.29, 1.82) is 0 Å². The average molecular weight is 273 g/mol. The molecule has 1 aromatic rings. The molecule has 1 aliphatic heterocycles. The third-order valence-electron chi connectivity index (χ3n) is 2.48. The lowest BCUT2D eigenvalue weighted by atomic mass is 10.1. The lowest BCUT2D eigenvalue weighted by molar-refractivity contribution is -0.128. The summed E-state index contributed by atoms with van der Waals surface area (Å²) in [6, 6.07) is 5.24. The lowest BCUT2D eigenvalue weighted by Gasteiger charge is -2.27. The molecule has 0 aliphatic carbocycles. The predicted octanol–water partition coefficient (Wildman–Crippen LogP) is 0.894. The number of hydrogen-bond acceptors (Lipinski definition) is 4. The van der Waals surface area contributed by atoms with Gasteiger partial charge in [0.2, 0.25) is 0 Å². The molecule has 0 bridgehead atoms. The summed E-state index contributed by atoms with van der Waals surface area (Å²) in [5, 5.41) is 2.56. The Hall–Kier alpha value is -2.34. The van der Waals surface area contributed by atoms with Gasteiger partial charge in [-0.15, -0.1) is 6.58 Å². The van der Waals surface area contributed by atoms with Crippen LogP contribution in [0.1, 0.15) is 5.69 Å². The van der Waals surface area contributed by atoms with Gasteiger partial charge in [-0.2, -0.15) is 0 Å². The molecule has 19 heavy (non-hydrogen) atoms. The van der Waals surface area contributed by atoms with E-state index in [0.29, 0.717) is 5.69 Å². The van der Waals surface area contributed by atoms with Gasteiger partial charge in [-0.1, -0.05) is 12.1 Å². The number of nitrogens with zero attached hydrogens (tertiary/aromatic N) is 2. The zero-order valence-corrected chi connectivity index (χ0v) is 10.8. The van der Waals surface area contributed by atoms with Crippen molar-refractivity contribution < 1.29 is 9.59 Å². The molecule has 1 aromatic heterocycles. The summed E-state index contributed by atoms with van der Waals surface area (Å²) in [5.41, 5.74) is 0.543. The fraction of sp³-hybridized carbons (Fsp3) is 0.0769. The minimum absolute atomic E-state index is 0.00847. The maximum Gasteiger partial charge on any atom is 0.266 e. The molecule has 2 heterocycles. The largest absolute Gasteiger partial charge is 0.298 e. The van der Waals surface area contributed by atoms with E-state index < -0.39 is 11.8 Å². The number of carbonyl (C=O) groups excluding carboxylic acids is 2. The van der Waals surface area contributed by atoms with E-state index in [0.717, 1.165) is 0 Å². The molecular weight excluding hydrogens is 262 g/mol. The highest BCUT2D eigenvalue weighted by atomic mass is 32.1. The van der Waals surface area contributed by atoms with Gasteiger partial charge in [0.1, 0.15) is 5.57 Å². The number of aromatic nitrogens is 1. The fourth-order valence-electron chi connectivity index (χ4n) is 1.60. The van der Waals surface area contributed by atoms with Gasteiger partial charge >= 0.3 is 0 Å². The number of pyridine rings is 1. The van der Waals surface area contributed by atoms with Crippen LogP contribution in [0, 0.1) is 0 Å². The number of nitrogens with one attached hydrogen (secondary N) is 1. The van der Waals surface area contributed by atoms with E-state index in [9.17, 15) is 9.59 Å². The monoisotopic (exact) mass is 273 g/mol. The van der Waals surface area contributed by atoms with Crippen molar-refractivity contribution in [2.75, 3.05) is 6.54 Å². The number of thiocarbonyl (C=S) groups is 1. The van der Waals surface area contributed by atoms with Crippen LogP contribution in [0.3, 0.4) is 0 Å². The van der Waals surface area contributed by atoms with E-state index in [1.165, 1.54) is 11.0 Å². The van der Waals surface area contributed by atoms with E-state index in [1.807, 2.05) is 0 Å². The van der Waals surface area contributed by atoms with Crippen molar-refractivity contribution in [3.05, 3.63) is 48.3 Å². The topological polar surface area (TPSA) is 62.3 Å². The number of hydrogen-bond donors (Lipinski definition) is 1. The molecule has 2 amide bonds. The third kappa shape index (κ3) is 2.74. The molecular formula is C13H11N3O2S. The first-order valence-electron chi connectivity index (χ1n) is 5.54. The van der Waals surface area contributed by atoms with Crippen molar-refractivity contribution in [3.8, 4) is 0 Å². The third-order valence-corrected chi connectivity index (χ3v) is 2.80. The summed E-state index contributed by atoms with van der Waals surface area (Å²) in [6.45, 7) is 3.80. The van der Waals surface area contributed by atoms with Crippen LogP contribution in [-0.4, -0.2) is 33.4 Å². The van der Waals surface area contributed by atoms with Crippen molar-refractivity contribution >= 4 is 35.2 Å². The van der Waals surface area contributed by atoms with Gasteiger partial charge in [0.15, 0.2) is 5.11 Å². The maximum atomic E-state index is 12.2. The minimum atomic E-state index is -0.513. The summed E-state index contributed by atoms with van der Waals surface area (Å²) < 4.78 is 0. The van der Waals surface area contributed by atoms with Gasteiger partial charge in [0, 0.05) is 12.7 Å². The van der Waals surface area contributed by atoms with Crippen LogP contribution in [0.15, 0.2) is 42.6 Å². The van der Waals surface area contributed by atoms with Crippen LogP contribution in [0.4, 0.5) is 0 Å². The van der Waals surface area contributed by atoms with E-state index >= 15 is 0 Å². The molecule has 0 saturated carbocycles. The number of carbonyl (C=O) groups is 2. The Morgan fingerprint density at radius 2 is 2.21 bits per heavy atom. The maximum absolute atomic E-state index is 12.2. The van der Waals surface area contributed by atoms with E-state index in [4.69, 9.17) is 12.2 Å². The van der Waals surface area contributed by atoms with Crippen molar-refractivity contribution in [3.63, 3.8) is 0 Å². The second-order valence-electron chi connectivity index (χ2n) is 3.78. The average Bonchev–Trinajstić information content (AvgIpc) is 2.41. The minimum Gasteiger partial charge on any atom is -0.298 e. The summed E-state index contributed by atoms with van der Waals surface area (Å²) in [6.07, 6.45) is 4.57. The van der Waals surface area contributed by atoms with Crippen molar-refractivity contribution in [2.45, 2.75) is 0 Å².